The molecule has 0 radical (unpaired) electrons. The van der Waals surface area contributed by atoms with Gasteiger partial charge in [-0.3, -0.25) is 4.79 Å². The summed E-state index contributed by atoms with van der Waals surface area (Å²) in [7, 11) is 0. The fraction of sp³-hybridized carbons (Fsp3) is 0.500. The van der Waals surface area contributed by atoms with E-state index in [-0.39, 0.29) is 11.7 Å². The zero-order valence-corrected chi connectivity index (χ0v) is 11.7. The molecule has 1 aliphatic rings. The number of halogens is 1. The van der Waals surface area contributed by atoms with Gasteiger partial charge in [0.1, 0.15) is 6.29 Å². The molecule has 18 heavy (non-hydrogen) atoms. The maximum atomic E-state index is 10.7. The lowest BCUT2D eigenvalue weighted by atomic mass is 10.0. The normalized spacial score (nSPS) is 22.9. The van der Waals surface area contributed by atoms with Crippen molar-refractivity contribution >= 4 is 23.6 Å². The van der Waals surface area contributed by atoms with E-state index in [1.54, 1.807) is 12.1 Å². The third-order valence-electron chi connectivity index (χ3n) is 3.02. The van der Waals surface area contributed by atoms with Crippen molar-refractivity contribution in [2.45, 2.75) is 32.5 Å². The number of nitrogens with zero attached hydrogens (tertiary/aromatic N) is 1. The van der Waals surface area contributed by atoms with Gasteiger partial charge < -0.3 is 9.64 Å². The Hall–Kier alpha value is -1.06. The summed E-state index contributed by atoms with van der Waals surface area (Å²) in [5.41, 5.74) is 1.37. The Kier molecular flexibility index (Phi) is 3.64. The number of carbonyl (C=O) groups excluding carboxylic acids is 1. The number of hydrogen-bond donors (Lipinski definition) is 0. The van der Waals surface area contributed by atoms with E-state index >= 15 is 0 Å². The van der Waals surface area contributed by atoms with Crippen molar-refractivity contribution < 1.29 is 9.53 Å². The molecule has 0 aromatic heterocycles. The molecule has 0 amide bonds. The summed E-state index contributed by atoms with van der Waals surface area (Å²) in [6.45, 7) is 7.80. The zero-order chi connectivity index (χ0) is 13.3. The average molecular weight is 268 g/mol. The van der Waals surface area contributed by atoms with E-state index in [2.05, 4.69) is 25.7 Å². The fourth-order valence-electron chi connectivity index (χ4n) is 2.49. The molecule has 1 aromatic rings. The minimum Gasteiger partial charge on any atom is -0.369 e. The van der Waals surface area contributed by atoms with E-state index in [0.29, 0.717) is 10.6 Å². The summed E-state index contributed by atoms with van der Waals surface area (Å²) in [5.74, 6) is 0. The van der Waals surface area contributed by atoms with E-state index in [1.807, 2.05) is 6.07 Å². The topological polar surface area (TPSA) is 29.5 Å². The van der Waals surface area contributed by atoms with Crippen LogP contribution in [0, 0.1) is 0 Å². The molecular formula is C14H18ClNO2. The van der Waals surface area contributed by atoms with Gasteiger partial charge in [0.2, 0.25) is 0 Å². The molecule has 1 unspecified atom stereocenters. The van der Waals surface area contributed by atoms with E-state index in [0.717, 1.165) is 25.1 Å². The lowest BCUT2D eigenvalue weighted by molar-refractivity contribution is -0.0749. The number of hydrogen-bond acceptors (Lipinski definition) is 3. The van der Waals surface area contributed by atoms with Crippen LogP contribution in [0.4, 0.5) is 5.69 Å². The molecule has 1 heterocycles. The van der Waals surface area contributed by atoms with Crippen molar-refractivity contribution in [2.24, 2.45) is 0 Å². The molecule has 1 aliphatic heterocycles. The maximum absolute atomic E-state index is 10.7. The lowest BCUT2D eigenvalue weighted by Gasteiger charge is -2.43. The highest BCUT2D eigenvalue weighted by Gasteiger charge is 2.32. The van der Waals surface area contributed by atoms with Crippen LogP contribution in [-0.4, -0.2) is 31.1 Å². The highest BCUT2D eigenvalue weighted by atomic mass is 35.5. The van der Waals surface area contributed by atoms with E-state index in [1.165, 1.54) is 0 Å². The van der Waals surface area contributed by atoms with Crippen LogP contribution in [0.3, 0.4) is 0 Å². The molecule has 2 rings (SSSR count). The summed E-state index contributed by atoms with van der Waals surface area (Å²) in [4.78, 5) is 12.9. The number of aldehydes is 1. The SMILES string of the molecule is CC1CN(c2ccc(C=O)cc2Cl)CC(C)(C)O1. The highest BCUT2D eigenvalue weighted by Crippen LogP contribution is 2.31. The van der Waals surface area contributed by atoms with Gasteiger partial charge in [-0.15, -0.1) is 0 Å². The van der Waals surface area contributed by atoms with Gasteiger partial charge in [-0.1, -0.05) is 11.6 Å². The molecular weight excluding hydrogens is 250 g/mol. The quantitative estimate of drug-likeness (QED) is 0.771. The van der Waals surface area contributed by atoms with Crippen LogP contribution in [0.25, 0.3) is 0 Å². The average Bonchev–Trinajstić information content (AvgIpc) is 2.25. The molecule has 0 bridgehead atoms. The summed E-state index contributed by atoms with van der Waals surface area (Å²) in [6, 6.07) is 5.40. The molecule has 0 N–H and O–H groups in total. The second-order valence-corrected chi connectivity index (χ2v) is 5.80. The number of rotatable bonds is 2. The second kappa shape index (κ2) is 4.90. The van der Waals surface area contributed by atoms with Crippen molar-refractivity contribution in [1.82, 2.24) is 0 Å². The van der Waals surface area contributed by atoms with Crippen LogP contribution < -0.4 is 4.90 Å². The predicted octanol–water partition coefficient (Wildman–Crippen LogP) is 3.16. The molecule has 1 aromatic carbocycles. The summed E-state index contributed by atoms with van der Waals surface area (Å²) in [6.07, 6.45) is 0.970. The monoisotopic (exact) mass is 267 g/mol. The predicted molar refractivity (Wildman–Crippen MR) is 73.7 cm³/mol. The van der Waals surface area contributed by atoms with Crippen LogP contribution in [0.1, 0.15) is 31.1 Å². The van der Waals surface area contributed by atoms with Crippen molar-refractivity contribution in [3.8, 4) is 0 Å². The van der Waals surface area contributed by atoms with Crippen molar-refractivity contribution in [3.05, 3.63) is 28.8 Å². The largest absolute Gasteiger partial charge is 0.369 e. The van der Waals surface area contributed by atoms with E-state index in [4.69, 9.17) is 16.3 Å². The first kappa shape index (κ1) is 13.4. The summed E-state index contributed by atoms with van der Waals surface area (Å²) in [5, 5.41) is 0.615. The van der Waals surface area contributed by atoms with Gasteiger partial charge in [0.25, 0.3) is 0 Å². The Morgan fingerprint density at radius 3 is 2.78 bits per heavy atom. The molecule has 0 saturated carbocycles. The Bertz CT molecular complexity index is 459. The summed E-state index contributed by atoms with van der Waals surface area (Å²) >= 11 is 6.24. The van der Waals surface area contributed by atoms with Gasteiger partial charge in [0.05, 0.1) is 22.4 Å². The molecule has 3 nitrogen and oxygen atoms in total. The minimum atomic E-state index is -0.190. The van der Waals surface area contributed by atoms with Crippen molar-refractivity contribution in [3.63, 3.8) is 0 Å². The Morgan fingerprint density at radius 2 is 2.22 bits per heavy atom. The standard InChI is InChI=1S/C14H18ClNO2/c1-10-7-16(9-14(2,3)18-10)13-5-4-11(8-17)6-12(13)15/h4-6,8,10H,7,9H2,1-3H3. The molecule has 4 heteroatoms. The third-order valence-corrected chi connectivity index (χ3v) is 3.32. The fourth-order valence-corrected chi connectivity index (χ4v) is 2.80. The molecule has 1 atom stereocenters. The third kappa shape index (κ3) is 2.85. The van der Waals surface area contributed by atoms with E-state index < -0.39 is 0 Å². The van der Waals surface area contributed by atoms with Gasteiger partial charge >= 0.3 is 0 Å². The highest BCUT2D eigenvalue weighted by molar-refractivity contribution is 6.33. The van der Waals surface area contributed by atoms with Gasteiger partial charge in [0, 0.05) is 18.7 Å². The van der Waals surface area contributed by atoms with E-state index in [9.17, 15) is 4.79 Å². The van der Waals surface area contributed by atoms with Crippen LogP contribution in [0.2, 0.25) is 5.02 Å². The van der Waals surface area contributed by atoms with Gasteiger partial charge in [-0.05, 0) is 39.0 Å². The Labute approximate surface area is 113 Å². The number of anilines is 1. The smallest absolute Gasteiger partial charge is 0.150 e. The number of carbonyl (C=O) groups is 1. The molecule has 98 valence electrons. The molecule has 1 fully saturated rings. The zero-order valence-electron chi connectivity index (χ0n) is 10.9. The first-order chi connectivity index (χ1) is 8.41. The maximum Gasteiger partial charge on any atom is 0.150 e. The van der Waals surface area contributed by atoms with Crippen LogP contribution in [-0.2, 0) is 4.74 Å². The van der Waals surface area contributed by atoms with Gasteiger partial charge in [-0.25, -0.2) is 0 Å². The van der Waals surface area contributed by atoms with Gasteiger partial charge in [-0.2, -0.15) is 0 Å². The van der Waals surface area contributed by atoms with Crippen LogP contribution in [0.5, 0.6) is 0 Å². The number of morpholine rings is 1. The minimum absolute atomic E-state index is 0.163. The first-order valence-corrected chi connectivity index (χ1v) is 6.46. The summed E-state index contributed by atoms with van der Waals surface area (Å²) < 4.78 is 5.87. The lowest BCUT2D eigenvalue weighted by Crippen LogP contribution is -2.52. The number of ether oxygens (including phenoxy) is 1. The van der Waals surface area contributed by atoms with Crippen LogP contribution in [0.15, 0.2) is 18.2 Å². The van der Waals surface area contributed by atoms with Crippen molar-refractivity contribution in [2.75, 3.05) is 18.0 Å². The molecule has 1 saturated heterocycles. The first-order valence-electron chi connectivity index (χ1n) is 6.09. The number of benzene rings is 1. The Morgan fingerprint density at radius 1 is 1.50 bits per heavy atom. The second-order valence-electron chi connectivity index (χ2n) is 5.40. The van der Waals surface area contributed by atoms with Crippen molar-refractivity contribution in [1.29, 1.82) is 0 Å². The molecule has 0 aliphatic carbocycles. The van der Waals surface area contributed by atoms with Crippen LogP contribution >= 0.6 is 11.6 Å². The Balaban J connectivity index is 2.28. The van der Waals surface area contributed by atoms with Gasteiger partial charge in [0.15, 0.2) is 0 Å². The molecule has 0 spiro atoms.